The number of ether oxygens (including phenoxy) is 2. The number of fused-ring (bicyclic) bond motifs is 1. The van der Waals surface area contributed by atoms with Crippen molar-refractivity contribution in [3.8, 4) is 5.75 Å². The number of anilines is 1. The van der Waals surface area contributed by atoms with E-state index in [0.29, 0.717) is 16.8 Å². The van der Waals surface area contributed by atoms with Crippen LogP contribution in [0.4, 0.5) is 11.4 Å². The van der Waals surface area contributed by atoms with Gasteiger partial charge >= 0.3 is 5.97 Å². The molecule has 3 rings (SSSR count). The predicted molar refractivity (Wildman–Crippen MR) is 110 cm³/mol. The number of nitro groups is 1. The summed E-state index contributed by atoms with van der Waals surface area (Å²) in [6.45, 7) is 3.31. The number of rotatable bonds is 8. The third-order valence-electron chi connectivity index (χ3n) is 4.62. The predicted octanol–water partition coefficient (Wildman–Crippen LogP) is 2.60. The minimum atomic E-state index is -0.740. The molecule has 31 heavy (non-hydrogen) atoms. The molecule has 0 saturated carbocycles. The SMILES string of the molecule is C=C1c2ccccc2C(=O)N1CCC(=O)OCC(=O)Nc1ccc(OC)cc1[N+](=O)[O-]. The van der Waals surface area contributed by atoms with Gasteiger partial charge in [0, 0.05) is 23.4 Å². The average molecular weight is 425 g/mol. The number of amides is 2. The summed E-state index contributed by atoms with van der Waals surface area (Å²) >= 11 is 0. The molecule has 2 amide bonds. The summed E-state index contributed by atoms with van der Waals surface area (Å²) in [5, 5.41) is 13.5. The van der Waals surface area contributed by atoms with Crippen molar-refractivity contribution in [1.29, 1.82) is 0 Å². The molecule has 0 aliphatic carbocycles. The van der Waals surface area contributed by atoms with Crippen molar-refractivity contribution in [3.63, 3.8) is 0 Å². The highest BCUT2D eigenvalue weighted by atomic mass is 16.6. The van der Waals surface area contributed by atoms with Crippen LogP contribution in [0.2, 0.25) is 0 Å². The van der Waals surface area contributed by atoms with E-state index in [1.54, 1.807) is 24.3 Å². The quantitative estimate of drug-likeness (QED) is 0.391. The van der Waals surface area contributed by atoms with E-state index in [2.05, 4.69) is 11.9 Å². The molecule has 0 spiro atoms. The molecule has 0 saturated heterocycles. The Labute approximate surface area is 177 Å². The topological polar surface area (TPSA) is 128 Å². The lowest BCUT2D eigenvalue weighted by atomic mass is 10.1. The van der Waals surface area contributed by atoms with Gasteiger partial charge in [0.2, 0.25) is 0 Å². The van der Waals surface area contributed by atoms with E-state index in [-0.39, 0.29) is 36.0 Å². The summed E-state index contributed by atoms with van der Waals surface area (Å²) in [7, 11) is 1.36. The highest BCUT2D eigenvalue weighted by Crippen LogP contribution is 2.31. The van der Waals surface area contributed by atoms with Crippen LogP contribution in [-0.4, -0.2) is 47.9 Å². The van der Waals surface area contributed by atoms with Gasteiger partial charge in [0.25, 0.3) is 17.5 Å². The zero-order valence-corrected chi connectivity index (χ0v) is 16.6. The molecule has 1 N–H and O–H groups in total. The molecule has 0 aromatic heterocycles. The van der Waals surface area contributed by atoms with E-state index in [4.69, 9.17) is 9.47 Å². The molecule has 160 valence electrons. The Morgan fingerprint density at radius 3 is 2.55 bits per heavy atom. The minimum Gasteiger partial charge on any atom is -0.496 e. The second-order valence-corrected chi connectivity index (χ2v) is 6.55. The minimum absolute atomic E-state index is 0.0522. The Morgan fingerprint density at radius 2 is 1.90 bits per heavy atom. The number of carbonyl (C=O) groups is 3. The molecule has 2 aromatic rings. The molecule has 0 bridgehead atoms. The molecule has 2 aromatic carbocycles. The summed E-state index contributed by atoms with van der Waals surface area (Å²) in [6, 6.07) is 10.9. The lowest BCUT2D eigenvalue weighted by Gasteiger charge is -2.16. The number of hydrogen-bond acceptors (Lipinski definition) is 7. The number of methoxy groups -OCH3 is 1. The van der Waals surface area contributed by atoms with Crippen molar-refractivity contribution >= 4 is 34.9 Å². The zero-order valence-electron chi connectivity index (χ0n) is 16.6. The number of nitrogens with one attached hydrogen (secondary N) is 1. The highest BCUT2D eigenvalue weighted by Gasteiger charge is 2.30. The van der Waals surface area contributed by atoms with Gasteiger partial charge in [-0.1, -0.05) is 24.8 Å². The van der Waals surface area contributed by atoms with Crippen molar-refractivity contribution < 1.29 is 28.8 Å². The molecule has 1 aliphatic heterocycles. The Kier molecular flexibility index (Phi) is 6.29. The van der Waals surface area contributed by atoms with Crippen molar-refractivity contribution in [3.05, 3.63) is 70.3 Å². The van der Waals surface area contributed by atoms with Gasteiger partial charge in [-0.2, -0.15) is 0 Å². The maximum atomic E-state index is 12.4. The Morgan fingerprint density at radius 1 is 1.19 bits per heavy atom. The molecule has 10 heteroatoms. The van der Waals surface area contributed by atoms with Crippen molar-refractivity contribution in [2.75, 3.05) is 25.6 Å². The van der Waals surface area contributed by atoms with Crippen molar-refractivity contribution in [1.82, 2.24) is 4.90 Å². The van der Waals surface area contributed by atoms with Gasteiger partial charge in [0.15, 0.2) is 6.61 Å². The zero-order chi connectivity index (χ0) is 22.5. The van der Waals surface area contributed by atoms with Crippen molar-refractivity contribution in [2.24, 2.45) is 0 Å². The lowest BCUT2D eigenvalue weighted by molar-refractivity contribution is -0.384. The van der Waals surface area contributed by atoms with E-state index in [9.17, 15) is 24.5 Å². The third-order valence-corrected chi connectivity index (χ3v) is 4.62. The van der Waals surface area contributed by atoms with E-state index in [1.807, 2.05) is 0 Å². The summed E-state index contributed by atoms with van der Waals surface area (Å²) in [6.07, 6.45) is -0.144. The van der Waals surface area contributed by atoms with Gasteiger partial charge in [-0.05, 0) is 18.2 Å². The number of nitrogens with zero attached hydrogens (tertiary/aromatic N) is 2. The summed E-state index contributed by atoms with van der Waals surface area (Å²) in [4.78, 5) is 48.3. The van der Waals surface area contributed by atoms with Gasteiger partial charge in [-0.15, -0.1) is 0 Å². The van der Waals surface area contributed by atoms with Gasteiger partial charge in [0.05, 0.1) is 24.5 Å². The number of hydrogen-bond donors (Lipinski definition) is 1. The summed E-state index contributed by atoms with van der Waals surface area (Å²) < 4.78 is 9.84. The molecular weight excluding hydrogens is 406 g/mol. The van der Waals surface area contributed by atoms with Crippen LogP contribution in [0.5, 0.6) is 5.75 Å². The smallest absolute Gasteiger partial charge is 0.308 e. The summed E-state index contributed by atoms with van der Waals surface area (Å²) in [5.74, 6) is -1.43. The van der Waals surface area contributed by atoms with Crippen LogP contribution in [0.15, 0.2) is 49.0 Å². The Hall–Kier alpha value is -4.21. The number of esters is 1. The van der Waals surface area contributed by atoms with E-state index < -0.39 is 23.4 Å². The average Bonchev–Trinajstić information content (AvgIpc) is 3.01. The molecular formula is C21H19N3O7. The van der Waals surface area contributed by atoms with E-state index in [0.717, 1.165) is 0 Å². The van der Waals surface area contributed by atoms with Crippen LogP contribution < -0.4 is 10.1 Å². The fourth-order valence-corrected chi connectivity index (χ4v) is 3.07. The fourth-order valence-electron chi connectivity index (χ4n) is 3.07. The second-order valence-electron chi connectivity index (χ2n) is 6.55. The first-order valence-corrected chi connectivity index (χ1v) is 9.20. The maximum absolute atomic E-state index is 12.4. The fraction of sp³-hybridized carbons (Fsp3) is 0.190. The Bertz CT molecular complexity index is 1050. The van der Waals surface area contributed by atoms with Crippen LogP contribution in [-0.2, 0) is 14.3 Å². The molecule has 1 heterocycles. The van der Waals surface area contributed by atoms with Crippen LogP contribution in [0.25, 0.3) is 5.70 Å². The van der Waals surface area contributed by atoms with Gasteiger partial charge in [-0.25, -0.2) is 0 Å². The first kappa shape index (κ1) is 21.5. The molecule has 10 nitrogen and oxygen atoms in total. The van der Waals surface area contributed by atoms with Crippen LogP contribution in [0, 0.1) is 10.1 Å². The van der Waals surface area contributed by atoms with Crippen LogP contribution in [0.3, 0.4) is 0 Å². The second kappa shape index (κ2) is 9.08. The molecule has 1 aliphatic rings. The highest BCUT2D eigenvalue weighted by molar-refractivity contribution is 6.08. The largest absolute Gasteiger partial charge is 0.496 e. The van der Waals surface area contributed by atoms with Gasteiger partial charge in [-0.3, -0.25) is 24.5 Å². The lowest BCUT2D eigenvalue weighted by Crippen LogP contribution is -2.27. The van der Waals surface area contributed by atoms with Gasteiger partial charge in [0.1, 0.15) is 11.4 Å². The van der Waals surface area contributed by atoms with Crippen LogP contribution in [0.1, 0.15) is 22.3 Å². The summed E-state index contributed by atoms with van der Waals surface area (Å²) in [5.41, 5.74) is 1.31. The van der Waals surface area contributed by atoms with E-state index in [1.165, 1.54) is 30.2 Å². The third kappa shape index (κ3) is 4.69. The molecule has 0 unspecified atom stereocenters. The monoisotopic (exact) mass is 425 g/mol. The number of nitro benzene ring substituents is 1. The Balaban J connectivity index is 1.51. The molecule has 0 atom stereocenters. The van der Waals surface area contributed by atoms with Gasteiger partial charge < -0.3 is 19.7 Å². The number of carbonyl (C=O) groups excluding carboxylic acids is 3. The molecule has 0 radical (unpaired) electrons. The standard InChI is InChI=1S/C21H19N3O7/c1-13-15-5-3-4-6-16(15)21(27)23(13)10-9-20(26)31-12-19(25)22-17-8-7-14(30-2)11-18(17)24(28)29/h3-8,11H,1,9-10,12H2,2H3,(H,22,25). The first-order chi connectivity index (χ1) is 14.8. The first-order valence-electron chi connectivity index (χ1n) is 9.20. The molecule has 0 fully saturated rings. The number of benzene rings is 2. The van der Waals surface area contributed by atoms with E-state index >= 15 is 0 Å². The van der Waals surface area contributed by atoms with Crippen molar-refractivity contribution in [2.45, 2.75) is 6.42 Å². The maximum Gasteiger partial charge on any atom is 0.308 e. The normalized spacial score (nSPS) is 12.4. The van der Waals surface area contributed by atoms with Crippen LogP contribution >= 0.6 is 0 Å².